The Kier molecular flexibility index (Phi) is 5.29. The average Bonchev–Trinajstić information content (AvgIpc) is 3.13. The molecule has 2 aromatic carbocycles. The van der Waals surface area contributed by atoms with E-state index in [0.717, 1.165) is 11.3 Å². The molecule has 1 fully saturated rings. The van der Waals surface area contributed by atoms with E-state index in [1.54, 1.807) is 24.3 Å². The molecule has 0 spiro atoms. The number of hydrogen-bond donors (Lipinski definition) is 3. The maximum absolute atomic E-state index is 12.4. The van der Waals surface area contributed by atoms with Crippen LogP contribution in [0.5, 0.6) is 5.75 Å². The molecule has 0 aliphatic carbocycles. The first-order chi connectivity index (χ1) is 12.2. The molecule has 3 rings (SSSR count). The number of hydrogen-bond acceptors (Lipinski definition) is 5. The first kappa shape index (κ1) is 17.0. The molecule has 0 bridgehead atoms. The summed E-state index contributed by atoms with van der Waals surface area (Å²) in [6, 6.07) is 16.5. The Morgan fingerprint density at radius 1 is 1.28 bits per heavy atom. The summed E-state index contributed by atoms with van der Waals surface area (Å²) in [7, 11) is 0. The van der Waals surface area contributed by atoms with Crippen molar-refractivity contribution >= 4 is 11.6 Å². The summed E-state index contributed by atoms with van der Waals surface area (Å²) in [6.45, 7) is 2.59. The Balaban J connectivity index is 1.60. The molecular weight excluding hydrogens is 316 g/mol. The predicted molar refractivity (Wildman–Crippen MR) is 94.8 cm³/mol. The van der Waals surface area contributed by atoms with Crippen LogP contribution in [0.25, 0.3) is 0 Å². The highest BCUT2D eigenvalue weighted by molar-refractivity contribution is 5.95. The van der Waals surface area contributed by atoms with Crippen molar-refractivity contribution in [3.05, 3.63) is 59.7 Å². The molecule has 2 atom stereocenters. The summed E-state index contributed by atoms with van der Waals surface area (Å²) in [5, 5.41) is 11.8. The maximum atomic E-state index is 12.4. The van der Waals surface area contributed by atoms with Crippen LogP contribution >= 0.6 is 0 Å². The lowest BCUT2D eigenvalue weighted by Gasteiger charge is -2.11. The topological polar surface area (TPSA) is 86.2 Å². The van der Waals surface area contributed by atoms with E-state index < -0.39 is 0 Å². The van der Waals surface area contributed by atoms with Crippen LogP contribution in [0.15, 0.2) is 48.5 Å². The molecule has 1 saturated heterocycles. The monoisotopic (exact) mass is 336 g/mol. The van der Waals surface area contributed by atoms with E-state index in [9.17, 15) is 4.79 Å². The predicted octanol–water partition coefficient (Wildman–Crippen LogP) is 2.50. The number of anilines is 1. The quantitative estimate of drug-likeness (QED) is 0.781. The third-order valence-corrected chi connectivity index (χ3v) is 4.07. The molecule has 0 radical (unpaired) electrons. The fourth-order valence-electron chi connectivity index (χ4n) is 2.81. The van der Waals surface area contributed by atoms with Crippen LogP contribution in [0.2, 0.25) is 0 Å². The highest BCUT2D eigenvalue weighted by atomic mass is 16.5. The molecule has 1 aliphatic heterocycles. The van der Waals surface area contributed by atoms with Crippen LogP contribution in [-0.2, 0) is 4.79 Å². The number of benzene rings is 2. The minimum Gasteiger partial charge on any atom is -0.494 e. The van der Waals surface area contributed by atoms with Gasteiger partial charge in [0.05, 0.1) is 18.2 Å². The van der Waals surface area contributed by atoms with Crippen LogP contribution in [0.3, 0.4) is 0 Å². The van der Waals surface area contributed by atoms with E-state index in [2.05, 4.69) is 22.2 Å². The molecule has 1 heterocycles. The molecule has 0 saturated carbocycles. The molecule has 3 N–H and O–H groups in total. The van der Waals surface area contributed by atoms with E-state index in [4.69, 9.17) is 10.00 Å². The van der Waals surface area contributed by atoms with Gasteiger partial charge in [-0.25, -0.2) is 10.9 Å². The van der Waals surface area contributed by atoms with Crippen molar-refractivity contribution < 1.29 is 9.53 Å². The Morgan fingerprint density at radius 2 is 2.08 bits per heavy atom. The van der Waals surface area contributed by atoms with Crippen molar-refractivity contribution in [3.8, 4) is 11.8 Å². The van der Waals surface area contributed by atoms with Gasteiger partial charge in [0.25, 0.3) is 0 Å². The zero-order valence-electron chi connectivity index (χ0n) is 14.0. The van der Waals surface area contributed by atoms with Gasteiger partial charge in [0.15, 0.2) is 0 Å². The summed E-state index contributed by atoms with van der Waals surface area (Å²) in [5.74, 6) is 0.708. The third kappa shape index (κ3) is 4.15. The van der Waals surface area contributed by atoms with Crippen molar-refractivity contribution in [2.24, 2.45) is 0 Å². The number of nitriles is 1. The van der Waals surface area contributed by atoms with Gasteiger partial charge in [0.2, 0.25) is 5.91 Å². The fourth-order valence-corrected chi connectivity index (χ4v) is 2.81. The fraction of sp³-hybridized carbons (Fsp3) is 0.263. The van der Waals surface area contributed by atoms with Crippen LogP contribution in [-0.4, -0.2) is 18.6 Å². The van der Waals surface area contributed by atoms with Gasteiger partial charge >= 0.3 is 0 Å². The number of ether oxygens (including phenoxy) is 1. The van der Waals surface area contributed by atoms with E-state index in [-0.39, 0.29) is 18.0 Å². The summed E-state index contributed by atoms with van der Waals surface area (Å²) in [5.41, 5.74) is 8.43. The number of nitrogens with one attached hydrogen (secondary N) is 3. The Labute approximate surface area is 146 Å². The Bertz CT molecular complexity index is 783. The molecule has 6 heteroatoms. The molecular formula is C19H20N4O2. The number of rotatable bonds is 5. The van der Waals surface area contributed by atoms with Gasteiger partial charge in [-0.1, -0.05) is 18.2 Å². The highest BCUT2D eigenvalue weighted by Crippen LogP contribution is 2.25. The number of amides is 1. The molecule has 0 aromatic heterocycles. The smallest absolute Gasteiger partial charge is 0.242 e. The third-order valence-electron chi connectivity index (χ3n) is 4.07. The standard InChI is InChI=1S/C19H20N4O2/c1-2-25-16-8-6-14(7-9-16)17-11-18(23-22-17)19(24)21-15-5-3-4-13(10-15)12-20/h3-10,17-18,22-23H,2,11H2,1H3,(H,21,24). The summed E-state index contributed by atoms with van der Waals surface area (Å²) >= 11 is 0. The highest BCUT2D eigenvalue weighted by Gasteiger charge is 2.30. The zero-order valence-corrected chi connectivity index (χ0v) is 14.0. The number of hydrazine groups is 1. The first-order valence-corrected chi connectivity index (χ1v) is 8.24. The van der Waals surface area contributed by atoms with Crippen molar-refractivity contribution in [2.45, 2.75) is 25.4 Å². The molecule has 2 aromatic rings. The number of nitrogens with zero attached hydrogens (tertiary/aromatic N) is 1. The van der Waals surface area contributed by atoms with Gasteiger partial charge in [-0.15, -0.1) is 0 Å². The van der Waals surface area contributed by atoms with Crippen molar-refractivity contribution in [1.82, 2.24) is 10.9 Å². The van der Waals surface area contributed by atoms with Crippen molar-refractivity contribution in [2.75, 3.05) is 11.9 Å². The van der Waals surface area contributed by atoms with Gasteiger partial charge in [0, 0.05) is 11.7 Å². The van der Waals surface area contributed by atoms with Gasteiger partial charge in [-0.2, -0.15) is 5.26 Å². The van der Waals surface area contributed by atoms with Crippen LogP contribution in [0, 0.1) is 11.3 Å². The molecule has 1 amide bonds. The van der Waals surface area contributed by atoms with Crippen LogP contribution in [0.4, 0.5) is 5.69 Å². The van der Waals surface area contributed by atoms with Crippen molar-refractivity contribution in [3.63, 3.8) is 0 Å². The first-order valence-electron chi connectivity index (χ1n) is 8.24. The van der Waals surface area contributed by atoms with Crippen molar-refractivity contribution in [1.29, 1.82) is 5.26 Å². The maximum Gasteiger partial charge on any atom is 0.242 e. The van der Waals surface area contributed by atoms with E-state index in [1.807, 2.05) is 31.2 Å². The largest absolute Gasteiger partial charge is 0.494 e. The van der Waals surface area contributed by atoms with Crippen LogP contribution < -0.4 is 20.9 Å². The van der Waals surface area contributed by atoms with Gasteiger partial charge in [-0.3, -0.25) is 4.79 Å². The summed E-state index contributed by atoms with van der Waals surface area (Å²) in [6.07, 6.45) is 0.637. The Morgan fingerprint density at radius 3 is 2.80 bits per heavy atom. The normalized spacial score (nSPS) is 19.2. The molecule has 1 aliphatic rings. The van der Waals surface area contributed by atoms with Gasteiger partial charge in [-0.05, 0) is 49.2 Å². The van der Waals surface area contributed by atoms with Crippen LogP contribution in [0.1, 0.15) is 30.5 Å². The lowest BCUT2D eigenvalue weighted by atomic mass is 10.0. The minimum absolute atomic E-state index is 0.0527. The van der Waals surface area contributed by atoms with Gasteiger partial charge in [0.1, 0.15) is 11.8 Å². The Hall–Kier alpha value is -2.88. The summed E-state index contributed by atoms with van der Waals surface area (Å²) in [4.78, 5) is 12.4. The minimum atomic E-state index is -0.345. The number of carbonyl (C=O) groups excluding carboxylic acids is 1. The summed E-state index contributed by atoms with van der Waals surface area (Å²) < 4.78 is 5.45. The van der Waals surface area contributed by atoms with Gasteiger partial charge < -0.3 is 10.1 Å². The lowest BCUT2D eigenvalue weighted by molar-refractivity contribution is -0.117. The molecule has 128 valence electrons. The molecule has 6 nitrogen and oxygen atoms in total. The number of carbonyl (C=O) groups is 1. The second kappa shape index (κ2) is 7.79. The zero-order chi connectivity index (χ0) is 17.6. The van der Waals surface area contributed by atoms with E-state index in [0.29, 0.717) is 24.3 Å². The second-order valence-corrected chi connectivity index (χ2v) is 5.81. The lowest BCUT2D eigenvalue weighted by Crippen LogP contribution is -2.39. The molecule has 2 unspecified atom stereocenters. The second-order valence-electron chi connectivity index (χ2n) is 5.81. The average molecular weight is 336 g/mol. The SMILES string of the molecule is CCOc1ccc(C2CC(C(=O)Nc3cccc(C#N)c3)NN2)cc1. The van der Waals surface area contributed by atoms with E-state index >= 15 is 0 Å². The van der Waals surface area contributed by atoms with E-state index in [1.165, 1.54) is 0 Å². The molecule has 25 heavy (non-hydrogen) atoms.